The van der Waals surface area contributed by atoms with E-state index < -0.39 is 0 Å². The molecule has 0 aliphatic heterocycles. The van der Waals surface area contributed by atoms with Crippen LogP contribution in [0.2, 0.25) is 0 Å². The van der Waals surface area contributed by atoms with Crippen LogP contribution in [-0.4, -0.2) is 21.2 Å². The Labute approximate surface area is 146 Å². The third-order valence-corrected chi connectivity index (χ3v) is 3.59. The maximum Gasteiger partial charge on any atom is 0.257 e. The molecule has 3 heterocycles. The molecular weight excluding hydrogens is 318 g/mol. The lowest BCUT2D eigenvalue weighted by Gasteiger charge is -2.15. The molecule has 0 fully saturated rings. The van der Waals surface area contributed by atoms with Crippen molar-refractivity contribution in [3.63, 3.8) is 0 Å². The highest BCUT2D eigenvalue weighted by Crippen LogP contribution is 2.34. The van der Waals surface area contributed by atoms with E-state index in [1.54, 1.807) is 12.4 Å². The lowest BCUT2D eigenvalue weighted by Crippen LogP contribution is -2.09. The first-order chi connectivity index (χ1) is 12.0. The average Bonchev–Trinajstić information content (AvgIpc) is 2.93. The summed E-state index contributed by atoms with van der Waals surface area (Å²) >= 11 is 0. The third kappa shape index (κ3) is 3.96. The lowest BCUT2D eigenvalue weighted by atomic mass is 10.1. The van der Waals surface area contributed by atoms with Gasteiger partial charge in [-0.3, -0.25) is 4.98 Å². The van der Waals surface area contributed by atoms with Crippen molar-refractivity contribution in [2.24, 2.45) is 0 Å². The number of pyridine rings is 2. The van der Waals surface area contributed by atoms with Crippen LogP contribution in [0.15, 0.2) is 41.2 Å². The van der Waals surface area contributed by atoms with Crippen molar-refractivity contribution in [2.75, 3.05) is 0 Å². The Bertz CT molecular complexity index is 825. The molecule has 0 amide bonds. The van der Waals surface area contributed by atoms with E-state index in [2.05, 4.69) is 15.1 Å². The fourth-order valence-electron chi connectivity index (χ4n) is 2.51. The van der Waals surface area contributed by atoms with Crippen molar-refractivity contribution in [2.45, 2.75) is 40.4 Å². The van der Waals surface area contributed by atoms with Gasteiger partial charge < -0.3 is 14.0 Å². The molecule has 0 unspecified atom stereocenters. The van der Waals surface area contributed by atoms with Crippen molar-refractivity contribution < 1.29 is 14.0 Å². The van der Waals surface area contributed by atoms with Crippen molar-refractivity contribution >= 4 is 0 Å². The summed E-state index contributed by atoms with van der Waals surface area (Å²) in [5, 5.41) is 4.00. The molecule has 0 aromatic carbocycles. The molecule has 25 heavy (non-hydrogen) atoms. The summed E-state index contributed by atoms with van der Waals surface area (Å²) < 4.78 is 17.0. The molecule has 130 valence electrons. The normalized spacial score (nSPS) is 10.9. The number of aromatic nitrogens is 3. The molecular formula is C19H21N3O3. The number of hydrogen-bond acceptors (Lipinski definition) is 6. The van der Waals surface area contributed by atoms with Gasteiger partial charge in [0, 0.05) is 23.5 Å². The van der Waals surface area contributed by atoms with E-state index in [4.69, 9.17) is 14.0 Å². The van der Waals surface area contributed by atoms with Crippen LogP contribution in [0.1, 0.15) is 31.0 Å². The second-order valence-corrected chi connectivity index (χ2v) is 6.00. The van der Waals surface area contributed by atoms with E-state index in [-0.39, 0.29) is 6.10 Å². The summed E-state index contributed by atoms with van der Waals surface area (Å²) in [6.45, 7) is 8.02. The minimum absolute atomic E-state index is 0.00499. The molecule has 0 bridgehead atoms. The van der Waals surface area contributed by atoms with Crippen LogP contribution in [0, 0.1) is 13.8 Å². The summed E-state index contributed by atoms with van der Waals surface area (Å²) in [5.74, 6) is 1.77. The molecule has 6 heteroatoms. The smallest absolute Gasteiger partial charge is 0.257 e. The largest absolute Gasteiger partial charge is 0.482 e. The van der Waals surface area contributed by atoms with E-state index in [0.29, 0.717) is 18.2 Å². The predicted octanol–water partition coefficient (Wildman–Crippen LogP) is 4.11. The number of hydrogen-bond donors (Lipinski definition) is 0. The zero-order valence-corrected chi connectivity index (χ0v) is 14.8. The molecule has 0 aliphatic rings. The van der Waals surface area contributed by atoms with E-state index >= 15 is 0 Å². The van der Waals surface area contributed by atoms with Gasteiger partial charge in [-0.1, -0.05) is 11.2 Å². The summed E-state index contributed by atoms with van der Waals surface area (Å²) in [4.78, 5) is 8.71. The molecule has 0 N–H and O–H groups in total. The van der Waals surface area contributed by atoms with Gasteiger partial charge in [-0.05, 0) is 45.9 Å². The van der Waals surface area contributed by atoms with Gasteiger partial charge in [-0.15, -0.1) is 0 Å². The van der Waals surface area contributed by atoms with Crippen LogP contribution in [-0.2, 0) is 6.61 Å². The Morgan fingerprint density at radius 2 is 2.00 bits per heavy atom. The second-order valence-electron chi connectivity index (χ2n) is 6.00. The summed E-state index contributed by atoms with van der Waals surface area (Å²) in [6, 6.07) is 7.61. The molecule has 0 aliphatic carbocycles. The Kier molecular flexibility index (Phi) is 4.97. The van der Waals surface area contributed by atoms with Gasteiger partial charge in [-0.25, -0.2) is 4.98 Å². The first kappa shape index (κ1) is 17.0. The highest BCUT2D eigenvalue weighted by molar-refractivity contribution is 5.68. The molecule has 0 saturated carbocycles. The Balaban J connectivity index is 1.93. The van der Waals surface area contributed by atoms with Crippen molar-refractivity contribution in [3.05, 3.63) is 53.8 Å². The van der Waals surface area contributed by atoms with Gasteiger partial charge in [0.05, 0.1) is 17.5 Å². The summed E-state index contributed by atoms with van der Waals surface area (Å²) in [6.07, 6.45) is 3.48. The molecule has 0 atom stereocenters. The minimum Gasteiger partial charge on any atom is -0.482 e. The maximum absolute atomic E-state index is 5.94. The maximum atomic E-state index is 5.94. The minimum atomic E-state index is -0.00499. The number of nitrogens with zero attached hydrogens (tertiary/aromatic N) is 3. The van der Waals surface area contributed by atoms with E-state index in [9.17, 15) is 0 Å². The van der Waals surface area contributed by atoms with E-state index in [1.165, 1.54) is 0 Å². The van der Waals surface area contributed by atoms with E-state index in [1.807, 2.05) is 52.0 Å². The third-order valence-electron chi connectivity index (χ3n) is 3.59. The van der Waals surface area contributed by atoms with Gasteiger partial charge in [0.15, 0.2) is 5.75 Å². The van der Waals surface area contributed by atoms with Crippen LogP contribution in [0.5, 0.6) is 11.6 Å². The lowest BCUT2D eigenvalue weighted by molar-refractivity contribution is 0.208. The number of rotatable bonds is 6. The van der Waals surface area contributed by atoms with Gasteiger partial charge >= 0.3 is 0 Å². The topological polar surface area (TPSA) is 70.3 Å². The zero-order valence-electron chi connectivity index (χ0n) is 14.8. The van der Waals surface area contributed by atoms with Gasteiger partial charge in [0.2, 0.25) is 0 Å². The summed E-state index contributed by atoms with van der Waals surface area (Å²) in [5.41, 5.74) is 3.45. The van der Waals surface area contributed by atoms with Crippen LogP contribution in [0.4, 0.5) is 0 Å². The van der Waals surface area contributed by atoms with Crippen LogP contribution in [0.3, 0.4) is 0 Å². The first-order valence-electron chi connectivity index (χ1n) is 8.17. The van der Waals surface area contributed by atoms with Crippen LogP contribution in [0.25, 0.3) is 11.1 Å². The average molecular weight is 339 g/mol. The quantitative estimate of drug-likeness (QED) is 0.673. The highest BCUT2D eigenvalue weighted by atomic mass is 16.5. The number of aryl methyl sites for hydroxylation is 2. The second kappa shape index (κ2) is 7.34. The summed E-state index contributed by atoms with van der Waals surface area (Å²) in [7, 11) is 0. The number of ether oxygens (including phenoxy) is 2. The Morgan fingerprint density at radius 1 is 1.16 bits per heavy atom. The highest BCUT2D eigenvalue weighted by Gasteiger charge is 2.16. The van der Waals surface area contributed by atoms with Crippen molar-refractivity contribution in [1.82, 2.24) is 15.1 Å². The molecule has 0 radical (unpaired) electrons. The zero-order chi connectivity index (χ0) is 17.8. The predicted molar refractivity (Wildman–Crippen MR) is 93.5 cm³/mol. The van der Waals surface area contributed by atoms with Crippen molar-refractivity contribution in [1.29, 1.82) is 0 Å². The standard InChI is InChI=1S/C19H21N3O3/c1-12(2)24-19-17(23-11-16-7-5-6-8-20-16)9-15(10-21-19)18-13(3)22-25-14(18)4/h5-10,12H,11H2,1-4H3. The molecule has 3 rings (SSSR count). The monoisotopic (exact) mass is 339 g/mol. The first-order valence-corrected chi connectivity index (χ1v) is 8.17. The Hall–Kier alpha value is -2.89. The van der Waals surface area contributed by atoms with Crippen molar-refractivity contribution in [3.8, 4) is 22.8 Å². The van der Waals surface area contributed by atoms with Gasteiger partial charge in [-0.2, -0.15) is 0 Å². The van der Waals surface area contributed by atoms with Gasteiger partial charge in [0.1, 0.15) is 12.4 Å². The van der Waals surface area contributed by atoms with E-state index in [0.717, 1.165) is 28.3 Å². The molecule has 3 aromatic heterocycles. The fourth-order valence-corrected chi connectivity index (χ4v) is 2.51. The Morgan fingerprint density at radius 3 is 2.64 bits per heavy atom. The fraction of sp³-hybridized carbons (Fsp3) is 0.316. The molecule has 0 spiro atoms. The molecule has 6 nitrogen and oxygen atoms in total. The molecule has 0 saturated heterocycles. The molecule has 3 aromatic rings. The van der Waals surface area contributed by atoms with Crippen LogP contribution < -0.4 is 9.47 Å². The van der Waals surface area contributed by atoms with Gasteiger partial charge in [0.25, 0.3) is 5.88 Å². The van der Waals surface area contributed by atoms with Crippen LogP contribution >= 0.6 is 0 Å². The SMILES string of the molecule is Cc1noc(C)c1-c1cnc(OC(C)C)c(OCc2ccccn2)c1.